The predicted octanol–water partition coefficient (Wildman–Crippen LogP) is 5.13. The summed E-state index contributed by atoms with van der Waals surface area (Å²) in [6, 6.07) is 28.0. The Morgan fingerprint density at radius 2 is 1.64 bits per heavy atom. The number of hydrogen-bond donors (Lipinski definition) is 0. The lowest BCUT2D eigenvalue weighted by Gasteiger charge is -2.36. The first kappa shape index (κ1) is 22.9. The molecule has 0 spiro atoms. The minimum absolute atomic E-state index is 0.150. The Kier molecular flexibility index (Phi) is 7.63. The van der Waals surface area contributed by atoms with E-state index >= 15 is 0 Å². The molecule has 5 nitrogen and oxygen atoms in total. The molecule has 0 radical (unpaired) electrons. The number of para-hydroxylation sites is 1. The Bertz CT molecular complexity index is 1160. The van der Waals surface area contributed by atoms with Crippen LogP contribution in [0.15, 0.2) is 84.4 Å². The van der Waals surface area contributed by atoms with Crippen molar-refractivity contribution in [2.45, 2.75) is 6.61 Å². The molecular formula is C27H24IN3O2. The summed E-state index contributed by atoms with van der Waals surface area (Å²) in [5, 5.41) is 9.65. The molecule has 1 fully saturated rings. The summed E-state index contributed by atoms with van der Waals surface area (Å²) in [7, 11) is 0. The highest BCUT2D eigenvalue weighted by Crippen LogP contribution is 2.25. The zero-order valence-corrected chi connectivity index (χ0v) is 20.3. The third-order valence-electron chi connectivity index (χ3n) is 5.54. The molecule has 0 saturated carbocycles. The van der Waals surface area contributed by atoms with Gasteiger partial charge in [-0.1, -0.05) is 54.6 Å². The van der Waals surface area contributed by atoms with E-state index in [0.717, 1.165) is 39.2 Å². The van der Waals surface area contributed by atoms with Gasteiger partial charge in [-0.15, -0.1) is 0 Å². The second-order valence-corrected chi connectivity index (χ2v) is 8.91. The quantitative estimate of drug-likeness (QED) is 0.243. The van der Waals surface area contributed by atoms with Crippen molar-refractivity contribution in [3.8, 4) is 11.8 Å². The number of hydrogen-bond acceptors (Lipinski definition) is 4. The van der Waals surface area contributed by atoms with Crippen molar-refractivity contribution >= 4 is 40.3 Å². The molecule has 1 aliphatic rings. The lowest BCUT2D eigenvalue weighted by Crippen LogP contribution is -2.49. The van der Waals surface area contributed by atoms with E-state index in [1.165, 1.54) is 0 Å². The second-order valence-electron chi connectivity index (χ2n) is 7.75. The van der Waals surface area contributed by atoms with Crippen molar-refractivity contribution in [1.29, 1.82) is 5.26 Å². The molecule has 6 heteroatoms. The molecule has 3 aromatic carbocycles. The number of anilines is 1. The number of nitriles is 1. The number of carbonyl (C=O) groups is 1. The first-order chi connectivity index (χ1) is 16.1. The monoisotopic (exact) mass is 549 g/mol. The average molecular weight is 549 g/mol. The van der Waals surface area contributed by atoms with E-state index in [2.05, 4.69) is 45.7 Å². The van der Waals surface area contributed by atoms with Crippen LogP contribution in [0.5, 0.6) is 5.75 Å². The van der Waals surface area contributed by atoms with E-state index in [1.54, 1.807) is 11.0 Å². The van der Waals surface area contributed by atoms with E-state index in [0.29, 0.717) is 19.7 Å². The van der Waals surface area contributed by atoms with Gasteiger partial charge in [0.15, 0.2) is 0 Å². The molecule has 1 saturated heterocycles. The first-order valence-corrected chi connectivity index (χ1v) is 11.9. The third kappa shape index (κ3) is 5.93. The summed E-state index contributed by atoms with van der Waals surface area (Å²) in [5.41, 5.74) is 3.21. The molecule has 1 aliphatic heterocycles. The van der Waals surface area contributed by atoms with Crippen molar-refractivity contribution in [3.05, 3.63) is 99.1 Å². The zero-order chi connectivity index (χ0) is 23.0. The van der Waals surface area contributed by atoms with Gasteiger partial charge in [0, 0.05) is 31.9 Å². The van der Waals surface area contributed by atoms with Crippen LogP contribution in [0.4, 0.5) is 5.69 Å². The number of carbonyl (C=O) groups excluding carboxylic acids is 1. The summed E-state index contributed by atoms with van der Waals surface area (Å²) >= 11 is 2.22. The Morgan fingerprint density at radius 3 is 2.27 bits per heavy atom. The SMILES string of the molecule is N#C/C(=C/c1ccc(OCc2ccccc2)c(I)c1)C(=O)N1CCN(c2ccccc2)CC1. The summed E-state index contributed by atoms with van der Waals surface area (Å²) in [4.78, 5) is 17.0. The van der Waals surface area contributed by atoms with Crippen LogP contribution in [0.2, 0.25) is 0 Å². The maximum Gasteiger partial charge on any atom is 0.264 e. The van der Waals surface area contributed by atoms with Crippen molar-refractivity contribution in [3.63, 3.8) is 0 Å². The van der Waals surface area contributed by atoms with Gasteiger partial charge in [-0.25, -0.2) is 0 Å². The van der Waals surface area contributed by atoms with Gasteiger partial charge in [0.2, 0.25) is 0 Å². The Morgan fingerprint density at radius 1 is 0.970 bits per heavy atom. The van der Waals surface area contributed by atoms with Gasteiger partial charge in [0.1, 0.15) is 24.0 Å². The van der Waals surface area contributed by atoms with E-state index in [-0.39, 0.29) is 11.5 Å². The maximum absolute atomic E-state index is 13.0. The molecule has 0 N–H and O–H groups in total. The van der Waals surface area contributed by atoms with E-state index in [9.17, 15) is 10.1 Å². The topological polar surface area (TPSA) is 56.6 Å². The molecule has 1 amide bonds. The van der Waals surface area contributed by atoms with Gasteiger partial charge in [-0.05, 0) is 64.1 Å². The third-order valence-corrected chi connectivity index (χ3v) is 6.39. The van der Waals surface area contributed by atoms with Crippen LogP contribution < -0.4 is 9.64 Å². The van der Waals surface area contributed by atoms with E-state index in [1.807, 2.05) is 66.7 Å². The maximum atomic E-state index is 13.0. The van der Waals surface area contributed by atoms with Gasteiger partial charge in [-0.2, -0.15) is 5.26 Å². The molecule has 0 bridgehead atoms. The average Bonchev–Trinajstić information content (AvgIpc) is 2.87. The highest BCUT2D eigenvalue weighted by molar-refractivity contribution is 14.1. The zero-order valence-electron chi connectivity index (χ0n) is 18.2. The van der Waals surface area contributed by atoms with E-state index in [4.69, 9.17) is 4.74 Å². The van der Waals surface area contributed by atoms with Crippen molar-refractivity contribution in [2.75, 3.05) is 31.1 Å². The lowest BCUT2D eigenvalue weighted by molar-refractivity contribution is -0.126. The van der Waals surface area contributed by atoms with Crippen LogP contribution in [-0.2, 0) is 11.4 Å². The van der Waals surface area contributed by atoms with Gasteiger partial charge in [0.25, 0.3) is 5.91 Å². The molecule has 0 unspecified atom stereocenters. The Labute approximate surface area is 208 Å². The van der Waals surface area contributed by atoms with Gasteiger partial charge >= 0.3 is 0 Å². The van der Waals surface area contributed by atoms with Crippen LogP contribution in [-0.4, -0.2) is 37.0 Å². The van der Waals surface area contributed by atoms with Crippen molar-refractivity contribution in [1.82, 2.24) is 4.90 Å². The molecule has 166 valence electrons. The summed E-state index contributed by atoms with van der Waals surface area (Å²) < 4.78 is 6.85. The summed E-state index contributed by atoms with van der Waals surface area (Å²) in [6.07, 6.45) is 1.66. The largest absolute Gasteiger partial charge is 0.488 e. The van der Waals surface area contributed by atoms with Gasteiger partial charge < -0.3 is 14.5 Å². The second kappa shape index (κ2) is 11.0. The number of benzene rings is 3. The van der Waals surface area contributed by atoms with Crippen molar-refractivity contribution < 1.29 is 9.53 Å². The molecule has 0 aliphatic carbocycles. The van der Waals surface area contributed by atoms with Crippen LogP contribution in [0.3, 0.4) is 0 Å². The van der Waals surface area contributed by atoms with Gasteiger partial charge in [-0.3, -0.25) is 4.79 Å². The first-order valence-electron chi connectivity index (χ1n) is 10.8. The molecule has 4 rings (SSSR count). The molecular weight excluding hydrogens is 525 g/mol. The number of ether oxygens (including phenoxy) is 1. The Balaban J connectivity index is 1.39. The van der Waals surface area contributed by atoms with Crippen molar-refractivity contribution in [2.24, 2.45) is 0 Å². The molecule has 3 aromatic rings. The normalized spacial score (nSPS) is 14.0. The van der Waals surface area contributed by atoms with Gasteiger partial charge in [0.05, 0.1) is 3.57 Å². The van der Waals surface area contributed by atoms with Crippen LogP contribution in [0, 0.1) is 14.9 Å². The minimum atomic E-state index is -0.218. The van der Waals surface area contributed by atoms with E-state index < -0.39 is 0 Å². The lowest BCUT2D eigenvalue weighted by atomic mass is 10.1. The number of piperazine rings is 1. The van der Waals surface area contributed by atoms with Crippen LogP contribution >= 0.6 is 22.6 Å². The highest BCUT2D eigenvalue weighted by atomic mass is 127. The Hall–Kier alpha value is -3.31. The summed E-state index contributed by atoms with van der Waals surface area (Å²) in [6.45, 7) is 3.18. The molecule has 0 aromatic heterocycles. The predicted molar refractivity (Wildman–Crippen MR) is 139 cm³/mol. The number of halogens is 1. The minimum Gasteiger partial charge on any atom is -0.488 e. The fraction of sp³-hybridized carbons (Fsp3) is 0.185. The fourth-order valence-corrected chi connectivity index (χ4v) is 4.44. The molecule has 0 atom stereocenters. The fourth-order valence-electron chi connectivity index (χ4n) is 3.74. The smallest absolute Gasteiger partial charge is 0.264 e. The molecule has 33 heavy (non-hydrogen) atoms. The molecule has 1 heterocycles. The van der Waals surface area contributed by atoms with Crippen LogP contribution in [0.1, 0.15) is 11.1 Å². The highest BCUT2D eigenvalue weighted by Gasteiger charge is 2.23. The number of amides is 1. The number of nitrogens with zero attached hydrogens (tertiary/aromatic N) is 3. The summed E-state index contributed by atoms with van der Waals surface area (Å²) in [5.74, 6) is 0.558. The number of rotatable bonds is 6. The standard InChI is InChI=1S/C27H24IN3O2/c28-25-18-22(11-12-26(25)33-20-21-7-3-1-4-8-21)17-23(19-29)27(32)31-15-13-30(14-16-31)24-9-5-2-6-10-24/h1-12,17-18H,13-16,20H2/b23-17-. The van der Waals surface area contributed by atoms with Crippen LogP contribution in [0.25, 0.3) is 6.08 Å².